The molecule has 0 saturated carbocycles. The van der Waals surface area contributed by atoms with Crippen LogP contribution in [-0.2, 0) is 12.7 Å². The average Bonchev–Trinajstić information content (AvgIpc) is 2.38. The zero-order valence-electron chi connectivity index (χ0n) is 11.7. The average molecular weight is 314 g/mol. The molecule has 0 radical (unpaired) electrons. The van der Waals surface area contributed by atoms with Crippen LogP contribution >= 0.6 is 11.6 Å². The molecule has 0 heterocycles. The highest BCUT2D eigenvalue weighted by Crippen LogP contribution is 2.33. The summed E-state index contributed by atoms with van der Waals surface area (Å²) in [7, 11) is 0. The summed E-state index contributed by atoms with van der Waals surface area (Å²) in [4.78, 5) is 0. The first-order chi connectivity index (χ1) is 9.77. The van der Waals surface area contributed by atoms with Crippen molar-refractivity contribution in [3.63, 3.8) is 0 Å². The molecule has 0 atom stereocenters. The van der Waals surface area contributed by atoms with Crippen LogP contribution in [0.1, 0.15) is 22.3 Å². The number of rotatable bonds is 3. The van der Waals surface area contributed by atoms with Gasteiger partial charge in [0.2, 0.25) is 0 Å². The van der Waals surface area contributed by atoms with Crippen LogP contribution in [0.5, 0.6) is 0 Å². The minimum atomic E-state index is -4.38. The van der Waals surface area contributed by atoms with E-state index in [1.165, 1.54) is 11.6 Å². The smallest absolute Gasteiger partial charge is 0.380 e. The number of halogens is 4. The Hall–Kier alpha value is -1.68. The van der Waals surface area contributed by atoms with Crippen molar-refractivity contribution in [3.8, 4) is 0 Å². The molecule has 0 unspecified atom stereocenters. The summed E-state index contributed by atoms with van der Waals surface area (Å²) >= 11 is 5.90. The summed E-state index contributed by atoms with van der Waals surface area (Å²) in [6, 6.07) is 9.37. The third-order valence-corrected chi connectivity index (χ3v) is 3.58. The SMILES string of the molecule is Cc1ccc(CNc2ccc(C(F)(F)F)cc2Cl)c(C)c1. The van der Waals surface area contributed by atoms with Crippen LogP contribution in [0.4, 0.5) is 18.9 Å². The highest BCUT2D eigenvalue weighted by atomic mass is 35.5. The van der Waals surface area contributed by atoms with Gasteiger partial charge < -0.3 is 5.32 Å². The third kappa shape index (κ3) is 3.91. The van der Waals surface area contributed by atoms with Crippen molar-refractivity contribution in [2.24, 2.45) is 0 Å². The molecule has 0 saturated heterocycles. The standard InChI is InChI=1S/C16H15ClF3N/c1-10-3-4-12(11(2)7-10)9-21-15-6-5-13(8-14(15)17)16(18,19)20/h3-8,21H,9H2,1-2H3. The zero-order valence-corrected chi connectivity index (χ0v) is 12.4. The van der Waals surface area contributed by atoms with Gasteiger partial charge in [0.25, 0.3) is 0 Å². The van der Waals surface area contributed by atoms with E-state index in [9.17, 15) is 13.2 Å². The summed E-state index contributed by atoms with van der Waals surface area (Å²) in [5.41, 5.74) is 3.13. The number of alkyl halides is 3. The lowest BCUT2D eigenvalue weighted by Gasteiger charge is -2.13. The Balaban J connectivity index is 2.13. The molecule has 0 aliphatic rings. The van der Waals surface area contributed by atoms with E-state index in [2.05, 4.69) is 11.4 Å². The van der Waals surface area contributed by atoms with Crippen LogP contribution in [0.15, 0.2) is 36.4 Å². The van der Waals surface area contributed by atoms with Gasteiger partial charge in [-0.15, -0.1) is 0 Å². The largest absolute Gasteiger partial charge is 0.416 e. The van der Waals surface area contributed by atoms with Crippen molar-refractivity contribution in [2.45, 2.75) is 26.6 Å². The van der Waals surface area contributed by atoms with Crippen LogP contribution in [0, 0.1) is 13.8 Å². The summed E-state index contributed by atoms with van der Waals surface area (Å²) in [6.45, 7) is 4.52. The molecule has 0 amide bonds. The third-order valence-electron chi connectivity index (χ3n) is 3.26. The maximum atomic E-state index is 12.6. The van der Waals surface area contributed by atoms with Crippen LogP contribution in [0.3, 0.4) is 0 Å². The molecular formula is C16H15ClF3N. The molecule has 21 heavy (non-hydrogen) atoms. The van der Waals surface area contributed by atoms with Gasteiger partial charge in [-0.05, 0) is 43.2 Å². The number of hydrogen-bond donors (Lipinski definition) is 1. The highest BCUT2D eigenvalue weighted by Gasteiger charge is 2.30. The summed E-state index contributed by atoms with van der Waals surface area (Å²) in [5.74, 6) is 0. The van der Waals surface area contributed by atoms with E-state index >= 15 is 0 Å². The van der Waals surface area contributed by atoms with Gasteiger partial charge in [0.05, 0.1) is 16.3 Å². The van der Waals surface area contributed by atoms with Gasteiger partial charge in [0, 0.05) is 6.54 Å². The highest BCUT2D eigenvalue weighted by molar-refractivity contribution is 6.33. The topological polar surface area (TPSA) is 12.0 Å². The Kier molecular flexibility index (Phi) is 4.47. The molecular weight excluding hydrogens is 299 g/mol. The van der Waals surface area contributed by atoms with E-state index in [-0.39, 0.29) is 5.02 Å². The van der Waals surface area contributed by atoms with Gasteiger partial charge in [0.1, 0.15) is 0 Å². The Labute approximate surface area is 126 Å². The minimum Gasteiger partial charge on any atom is -0.380 e. The van der Waals surface area contributed by atoms with Crippen LogP contribution in [-0.4, -0.2) is 0 Å². The fraction of sp³-hybridized carbons (Fsp3) is 0.250. The van der Waals surface area contributed by atoms with Crippen LogP contribution in [0.25, 0.3) is 0 Å². The lowest BCUT2D eigenvalue weighted by atomic mass is 10.1. The van der Waals surface area contributed by atoms with E-state index in [0.717, 1.165) is 23.3 Å². The van der Waals surface area contributed by atoms with Gasteiger partial charge in [-0.1, -0.05) is 35.4 Å². The van der Waals surface area contributed by atoms with E-state index in [1.807, 2.05) is 26.0 Å². The zero-order chi connectivity index (χ0) is 15.6. The van der Waals surface area contributed by atoms with Crippen molar-refractivity contribution in [1.82, 2.24) is 0 Å². The lowest BCUT2D eigenvalue weighted by Crippen LogP contribution is -2.06. The quantitative estimate of drug-likeness (QED) is 0.779. The molecule has 0 bridgehead atoms. The van der Waals surface area contributed by atoms with Gasteiger partial charge in [-0.3, -0.25) is 0 Å². The molecule has 0 fully saturated rings. The second-order valence-electron chi connectivity index (χ2n) is 4.98. The maximum Gasteiger partial charge on any atom is 0.416 e. The molecule has 0 spiro atoms. The van der Waals surface area contributed by atoms with E-state index in [1.54, 1.807) is 0 Å². The molecule has 1 N–H and O–H groups in total. The monoisotopic (exact) mass is 313 g/mol. The molecule has 2 rings (SSSR count). The minimum absolute atomic E-state index is 0.0644. The first-order valence-electron chi connectivity index (χ1n) is 6.44. The van der Waals surface area contributed by atoms with E-state index in [0.29, 0.717) is 12.2 Å². The van der Waals surface area contributed by atoms with E-state index in [4.69, 9.17) is 11.6 Å². The van der Waals surface area contributed by atoms with Gasteiger partial charge >= 0.3 is 6.18 Å². The number of aryl methyl sites for hydroxylation is 2. The predicted molar refractivity (Wildman–Crippen MR) is 79.7 cm³/mol. The molecule has 0 aliphatic carbocycles. The Morgan fingerprint density at radius 3 is 2.33 bits per heavy atom. The van der Waals surface area contributed by atoms with Gasteiger partial charge in [-0.2, -0.15) is 13.2 Å². The molecule has 112 valence electrons. The maximum absolute atomic E-state index is 12.6. The molecule has 5 heteroatoms. The molecule has 1 nitrogen and oxygen atoms in total. The summed E-state index contributed by atoms with van der Waals surface area (Å²) in [6.07, 6.45) is -4.38. The van der Waals surface area contributed by atoms with Gasteiger partial charge in [-0.25, -0.2) is 0 Å². The van der Waals surface area contributed by atoms with Gasteiger partial charge in [0.15, 0.2) is 0 Å². The number of anilines is 1. The second-order valence-corrected chi connectivity index (χ2v) is 5.38. The normalized spacial score (nSPS) is 11.5. The first kappa shape index (κ1) is 15.7. The van der Waals surface area contributed by atoms with Crippen LogP contribution in [0.2, 0.25) is 5.02 Å². The lowest BCUT2D eigenvalue weighted by molar-refractivity contribution is -0.137. The first-order valence-corrected chi connectivity index (χ1v) is 6.82. The van der Waals surface area contributed by atoms with Crippen molar-refractivity contribution in [3.05, 3.63) is 63.7 Å². The van der Waals surface area contributed by atoms with Crippen molar-refractivity contribution >= 4 is 17.3 Å². The number of nitrogens with one attached hydrogen (secondary N) is 1. The summed E-state index contributed by atoms with van der Waals surface area (Å²) < 4.78 is 37.7. The number of benzene rings is 2. The molecule has 2 aromatic rings. The molecule has 0 aliphatic heterocycles. The number of hydrogen-bond acceptors (Lipinski definition) is 1. The van der Waals surface area contributed by atoms with Crippen molar-refractivity contribution in [2.75, 3.05) is 5.32 Å². The molecule has 2 aromatic carbocycles. The van der Waals surface area contributed by atoms with Crippen molar-refractivity contribution < 1.29 is 13.2 Å². The Morgan fingerprint density at radius 1 is 1.05 bits per heavy atom. The van der Waals surface area contributed by atoms with Crippen molar-refractivity contribution in [1.29, 1.82) is 0 Å². The fourth-order valence-electron chi connectivity index (χ4n) is 2.07. The predicted octanol–water partition coefficient (Wildman–Crippen LogP) is 5.59. The second kappa shape index (κ2) is 5.98. The fourth-order valence-corrected chi connectivity index (χ4v) is 2.32. The summed E-state index contributed by atoms with van der Waals surface area (Å²) in [5, 5.41) is 3.13. The molecule has 0 aromatic heterocycles. The van der Waals surface area contributed by atoms with Crippen LogP contribution < -0.4 is 5.32 Å². The Morgan fingerprint density at radius 2 is 1.76 bits per heavy atom. The Bertz CT molecular complexity index is 650. The van der Waals surface area contributed by atoms with E-state index < -0.39 is 11.7 Å².